The molecule has 1 heteroatoms. The smallest absolute Gasteiger partial charge is 0.0920 e. The highest BCUT2D eigenvalue weighted by atomic mass is 14.0. The van der Waals surface area contributed by atoms with Gasteiger partial charge >= 0.3 is 0 Å². The summed E-state index contributed by atoms with van der Waals surface area (Å²) in [6.45, 7) is 6.71. The molecule has 0 saturated carbocycles. The third-order valence-electron chi connectivity index (χ3n) is 1.52. The van der Waals surface area contributed by atoms with Crippen molar-refractivity contribution >= 4 is 7.28 Å². The first-order chi connectivity index (χ1) is 4.27. The Balaban J connectivity index is 2.75. The molecule has 0 unspecified atom stereocenters. The monoisotopic (exact) mass is 125 g/mol. The van der Waals surface area contributed by atoms with Gasteiger partial charge in [-0.25, -0.2) is 0 Å². The van der Waals surface area contributed by atoms with Gasteiger partial charge in [0.1, 0.15) is 7.28 Å². The first-order valence-corrected chi connectivity index (χ1v) is 4.05. The molecule has 0 atom stereocenters. The Morgan fingerprint density at radius 3 is 2.33 bits per heavy atom. The molecule has 0 aliphatic heterocycles. The molecular formula is C8H18B. The van der Waals surface area contributed by atoms with Gasteiger partial charge in [0.2, 0.25) is 0 Å². The summed E-state index contributed by atoms with van der Waals surface area (Å²) < 4.78 is 0. The fourth-order valence-corrected chi connectivity index (χ4v) is 0.901. The van der Waals surface area contributed by atoms with Crippen LogP contribution >= 0.6 is 0 Å². The maximum Gasteiger partial charge on any atom is 0.105 e. The van der Waals surface area contributed by atoms with Gasteiger partial charge in [-0.15, -0.1) is 0 Å². The van der Waals surface area contributed by atoms with E-state index < -0.39 is 0 Å². The number of hydrogen-bond acceptors (Lipinski definition) is 0. The van der Waals surface area contributed by atoms with E-state index in [0.717, 1.165) is 5.92 Å². The van der Waals surface area contributed by atoms with Gasteiger partial charge < -0.3 is 0 Å². The van der Waals surface area contributed by atoms with Crippen LogP contribution in [0.4, 0.5) is 0 Å². The first kappa shape index (κ1) is 9.06. The molecule has 0 heterocycles. The van der Waals surface area contributed by atoms with Crippen LogP contribution in [0.5, 0.6) is 0 Å². The highest BCUT2D eigenvalue weighted by Gasteiger charge is 1.92. The maximum atomic E-state index is 2.29. The van der Waals surface area contributed by atoms with Gasteiger partial charge in [-0.3, -0.25) is 0 Å². The van der Waals surface area contributed by atoms with E-state index >= 15 is 0 Å². The van der Waals surface area contributed by atoms with Crippen molar-refractivity contribution in [1.29, 1.82) is 0 Å². The molecular weight excluding hydrogens is 107 g/mol. The molecule has 9 heavy (non-hydrogen) atoms. The lowest BCUT2D eigenvalue weighted by molar-refractivity contribution is 0.549. The fourth-order valence-electron chi connectivity index (χ4n) is 0.901. The van der Waals surface area contributed by atoms with Crippen molar-refractivity contribution in [2.75, 3.05) is 0 Å². The van der Waals surface area contributed by atoms with Crippen molar-refractivity contribution in [2.45, 2.75) is 46.3 Å². The molecule has 0 N–H and O–H groups in total. The zero-order valence-electron chi connectivity index (χ0n) is 6.98. The molecule has 0 fully saturated rings. The standard InChI is InChI=1S/C8H18B/c1-8(2)6-4-5-7-9-3/h8H,4-7H2,1-3H3. The van der Waals surface area contributed by atoms with E-state index in [9.17, 15) is 0 Å². The van der Waals surface area contributed by atoms with Crippen molar-refractivity contribution in [3.63, 3.8) is 0 Å². The lowest BCUT2D eigenvalue weighted by Crippen LogP contribution is -1.87. The van der Waals surface area contributed by atoms with Crippen LogP contribution in [-0.4, -0.2) is 7.28 Å². The van der Waals surface area contributed by atoms with Gasteiger partial charge in [-0.2, -0.15) is 0 Å². The fraction of sp³-hybridized carbons (Fsp3) is 1.00. The molecule has 0 aromatic carbocycles. The quantitative estimate of drug-likeness (QED) is 0.391. The van der Waals surface area contributed by atoms with Crippen LogP contribution in [0, 0.1) is 5.92 Å². The molecule has 0 aliphatic carbocycles. The predicted molar refractivity (Wildman–Crippen MR) is 45.1 cm³/mol. The molecule has 1 radical (unpaired) electrons. The third-order valence-corrected chi connectivity index (χ3v) is 1.52. The molecule has 0 spiro atoms. The molecule has 0 amide bonds. The Labute approximate surface area is 60.3 Å². The minimum atomic E-state index is 0.891. The predicted octanol–water partition coefficient (Wildman–Crippen LogP) is 2.98. The van der Waals surface area contributed by atoms with Crippen molar-refractivity contribution in [1.82, 2.24) is 0 Å². The Bertz CT molecular complexity index is 50.5. The van der Waals surface area contributed by atoms with Crippen molar-refractivity contribution in [2.24, 2.45) is 5.92 Å². The highest BCUT2D eigenvalue weighted by molar-refractivity contribution is 6.33. The average Bonchev–Trinajstić information content (AvgIpc) is 1.80. The van der Waals surface area contributed by atoms with Crippen molar-refractivity contribution in [3.8, 4) is 0 Å². The summed E-state index contributed by atoms with van der Waals surface area (Å²) in [6.07, 6.45) is 5.48. The summed E-state index contributed by atoms with van der Waals surface area (Å²) in [6, 6.07) is 0. The highest BCUT2D eigenvalue weighted by Crippen LogP contribution is 2.07. The van der Waals surface area contributed by atoms with E-state index in [0.29, 0.717) is 0 Å². The van der Waals surface area contributed by atoms with Gasteiger partial charge in [-0.05, 0) is 5.92 Å². The van der Waals surface area contributed by atoms with Crippen LogP contribution in [-0.2, 0) is 0 Å². The summed E-state index contributed by atoms with van der Waals surface area (Å²) in [4.78, 5) is 0. The van der Waals surface area contributed by atoms with Gasteiger partial charge in [0.25, 0.3) is 0 Å². The van der Waals surface area contributed by atoms with Gasteiger partial charge in [0, 0.05) is 0 Å². The third kappa shape index (κ3) is 8.06. The molecule has 0 aromatic heterocycles. The summed E-state index contributed by atoms with van der Waals surface area (Å²) in [5.41, 5.74) is 0. The summed E-state index contributed by atoms with van der Waals surface area (Å²) in [5, 5.41) is 0. The molecule has 53 valence electrons. The number of hydrogen-bond donors (Lipinski definition) is 0. The molecule has 0 saturated heterocycles. The zero-order valence-corrected chi connectivity index (χ0v) is 6.98. The zero-order chi connectivity index (χ0) is 7.11. The average molecular weight is 125 g/mol. The summed E-state index contributed by atoms with van der Waals surface area (Å²) >= 11 is 0. The van der Waals surface area contributed by atoms with Crippen molar-refractivity contribution < 1.29 is 0 Å². The van der Waals surface area contributed by atoms with Crippen LogP contribution in [0.2, 0.25) is 13.1 Å². The lowest BCUT2D eigenvalue weighted by Gasteiger charge is -2.01. The number of rotatable bonds is 5. The van der Waals surface area contributed by atoms with E-state index in [2.05, 4.69) is 28.0 Å². The first-order valence-electron chi connectivity index (χ1n) is 4.05. The normalized spacial score (nSPS) is 10.2. The second-order valence-corrected chi connectivity index (χ2v) is 3.09. The lowest BCUT2D eigenvalue weighted by atomic mass is 9.76. The Kier molecular flexibility index (Phi) is 6.23. The van der Waals surface area contributed by atoms with Crippen molar-refractivity contribution in [3.05, 3.63) is 0 Å². The number of unbranched alkanes of at least 4 members (excludes halogenated alkanes) is 1. The minimum absolute atomic E-state index is 0.891. The Hall–Kier alpha value is 0.0649. The molecule has 0 rings (SSSR count). The largest absolute Gasteiger partial charge is 0.105 e. The Morgan fingerprint density at radius 1 is 1.22 bits per heavy atom. The summed E-state index contributed by atoms with van der Waals surface area (Å²) in [5.74, 6) is 0.891. The van der Waals surface area contributed by atoms with Gasteiger partial charge in [-0.1, -0.05) is 46.3 Å². The van der Waals surface area contributed by atoms with E-state index in [4.69, 9.17) is 0 Å². The minimum Gasteiger partial charge on any atom is -0.0920 e. The van der Waals surface area contributed by atoms with E-state index in [1.165, 1.54) is 25.6 Å². The van der Waals surface area contributed by atoms with E-state index in [1.807, 2.05) is 0 Å². The Morgan fingerprint density at radius 2 is 1.89 bits per heavy atom. The van der Waals surface area contributed by atoms with Crippen LogP contribution < -0.4 is 0 Å². The molecule has 0 nitrogen and oxygen atoms in total. The maximum absolute atomic E-state index is 2.29. The van der Waals surface area contributed by atoms with Gasteiger partial charge in [0.15, 0.2) is 0 Å². The topological polar surface area (TPSA) is 0 Å². The molecule has 0 bridgehead atoms. The van der Waals surface area contributed by atoms with E-state index in [1.54, 1.807) is 0 Å². The second kappa shape index (κ2) is 6.19. The second-order valence-electron chi connectivity index (χ2n) is 3.09. The van der Waals surface area contributed by atoms with Crippen LogP contribution in [0.15, 0.2) is 0 Å². The van der Waals surface area contributed by atoms with Crippen LogP contribution in [0.3, 0.4) is 0 Å². The van der Waals surface area contributed by atoms with Crippen LogP contribution in [0.1, 0.15) is 33.1 Å². The van der Waals surface area contributed by atoms with E-state index in [-0.39, 0.29) is 0 Å². The summed E-state index contributed by atoms with van der Waals surface area (Å²) in [7, 11) is 2.25. The van der Waals surface area contributed by atoms with Gasteiger partial charge in [0.05, 0.1) is 0 Å². The SMILES string of the molecule is C[B]CCCCC(C)C. The van der Waals surface area contributed by atoms with Crippen LogP contribution in [0.25, 0.3) is 0 Å². The molecule has 0 aromatic rings. The molecule has 0 aliphatic rings.